The molecule has 20 aliphatic carbocycles. The summed E-state index contributed by atoms with van der Waals surface area (Å²) in [6.07, 6.45) is 49.8. The summed E-state index contributed by atoms with van der Waals surface area (Å²) in [6, 6.07) is 0. The number of nitrogens with two attached hydrogens (primary N) is 1. The molecule has 4 heterocycles. The number of hydrogen-bond donors (Lipinski definition) is 5. The molecule has 0 radical (unpaired) electrons. The maximum Gasteiger partial charge on any atom is 0.256 e. The molecule has 0 aromatic carbocycles. The third-order valence-corrected chi connectivity index (χ3v) is 50.2. The van der Waals surface area contributed by atoms with Crippen molar-refractivity contribution < 1.29 is 66.9 Å². The Bertz CT molecular complexity index is 6190. The Morgan fingerprint density at radius 2 is 0.642 bits per heavy atom. The van der Waals surface area contributed by atoms with E-state index in [4.69, 9.17) is 23.8 Å². The molecule has 4 aromatic heterocycles. The van der Waals surface area contributed by atoms with Gasteiger partial charge in [-0.25, -0.2) is 4.39 Å². The summed E-state index contributed by atoms with van der Waals surface area (Å²) in [5, 5.41) is 59.5. The number of rotatable bonds is 5. The molecule has 0 bridgehead atoms. The highest BCUT2D eigenvalue weighted by Crippen LogP contribution is 2.82. The van der Waals surface area contributed by atoms with Crippen molar-refractivity contribution in [3.8, 4) is 0 Å². The van der Waals surface area contributed by atoms with E-state index in [1.54, 1.807) is 0 Å². The second-order valence-corrected chi connectivity index (χ2v) is 58.4. The van der Waals surface area contributed by atoms with E-state index in [1.165, 1.54) is 45.3 Å². The number of carbonyl (C=O) groups excluding carboxylic acids is 6. The molecule has 12 saturated carbocycles. The van der Waals surface area contributed by atoms with E-state index in [1.807, 2.05) is 37.1 Å². The summed E-state index contributed by atoms with van der Waals surface area (Å²) in [4.78, 5) is 82.3. The lowest BCUT2D eigenvalue weighted by atomic mass is 9.34. The largest absolute Gasteiger partial charge is 0.411 e. The Labute approximate surface area is 882 Å². The first-order chi connectivity index (χ1) is 67.9. The highest BCUT2D eigenvalue weighted by Gasteiger charge is 2.77. The predicted octanol–water partition coefficient (Wildman–Crippen LogP) is 28.2. The number of hydrogen-bond acceptors (Lipinski definition) is 20. The molecule has 23 heteroatoms. The lowest BCUT2D eigenvalue weighted by Gasteiger charge is -2.69. The molecule has 20 aliphatic rings. The van der Waals surface area contributed by atoms with Crippen LogP contribution < -0.4 is 11.1 Å². The molecule has 0 aliphatic heterocycles. The number of aromatic nitrogens is 4. The average Bonchev–Trinajstić information content (AvgIpc) is 0.982. The molecule has 12 fully saturated rings. The number of fused-ring (bicyclic) bond motifs is 32. The molecule has 32 atom stereocenters. The van der Waals surface area contributed by atoms with E-state index in [9.17, 15) is 48.8 Å². The fourth-order valence-electron chi connectivity index (χ4n) is 41.4. The molecular weight excluding hydrogens is 1850 g/mol. The normalized spacial score (nSPS) is 46.1. The van der Waals surface area contributed by atoms with Gasteiger partial charge < -0.3 is 49.6 Å². The van der Waals surface area contributed by atoms with Crippen LogP contribution in [0, 0.1) is 179 Å². The van der Waals surface area contributed by atoms with Crippen molar-refractivity contribution in [1.82, 2.24) is 25.9 Å². The van der Waals surface area contributed by atoms with Gasteiger partial charge in [0, 0.05) is 91.3 Å². The number of nitrogens with one attached hydrogen (secondary N) is 1. The Kier molecular flexibility index (Phi) is 26.4. The summed E-state index contributed by atoms with van der Waals surface area (Å²) in [5.41, 5.74) is 14.4. The van der Waals surface area contributed by atoms with Crippen LogP contribution in [0.15, 0.2) is 105 Å². The van der Waals surface area contributed by atoms with Gasteiger partial charge in [-0.2, -0.15) is 0 Å². The van der Waals surface area contributed by atoms with Crippen molar-refractivity contribution in [2.75, 3.05) is 6.67 Å². The van der Waals surface area contributed by atoms with Gasteiger partial charge in [0.25, 0.3) is 5.91 Å². The number of allylic oxidation sites excluding steroid dienone is 8. The summed E-state index contributed by atoms with van der Waals surface area (Å²) >= 11 is 0. The molecule has 22 nitrogen and oxygen atoms in total. The van der Waals surface area contributed by atoms with Crippen LogP contribution in [0.5, 0.6) is 0 Å². The molecule has 1 amide bonds. The monoisotopic (exact) mass is 2040 g/mol. The first kappa shape index (κ1) is 110. The Morgan fingerprint density at radius 3 is 0.953 bits per heavy atom. The maximum atomic E-state index is 14.6. The Balaban J connectivity index is 0.000000128. The van der Waals surface area contributed by atoms with Crippen LogP contribution in [0.2, 0.25) is 0 Å². The van der Waals surface area contributed by atoms with Gasteiger partial charge in [0.15, 0.2) is 35.6 Å². The third kappa shape index (κ3) is 14.8. The van der Waals surface area contributed by atoms with Crippen LogP contribution >= 0.6 is 0 Å². The van der Waals surface area contributed by atoms with Crippen LogP contribution in [0.3, 0.4) is 0 Å². The number of nitrogens with zero attached hydrogens (tertiary/aromatic N) is 7. The van der Waals surface area contributed by atoms with Crippen molar-refractivity contribution in [2.24, 2.45) is 201 Å². The zero-order valence-corrected chi connectivity index (χ0v) is 91.9. The molecular formula is C125H182FN9O13. The number of aldehydes is 1. The number of ketones is 4. The second kappa shape index (κ2) is 35.7. The summed E-state index contributed by atoms with van der Waals surface area (Å²) in [6.45, 7) is 55.3. The number of alkyl halides is 1. The highest BCUT2D eigenvalue weighted by molar-refractivity contribution is 6.04. The smallest absolute Gasteiger partial charge is 0.256 e. The van der Waals surface area contributed by atoms with E-state index in [0.29, 0.717) is 71.7 Å². The van der Waals surface area contributed by atoms with Gasteiger partial charge in [0.1, 0.15) is 35.2 Å². The number of carbonyl (C=O) groups is 6. The van der Waals surface area contributed by atoms with Crippen LogP contribution in [-0.4, -0.2) is 96.1 Å². The van der Waals surface area contributed by atoms with E-state index in [0.717, 1.165) is 221 Å². The molecule has 0 saturated heterocycles. The van der Waals surface area contributed by atoms with Crippen LogP contribution in [0.25, 0.3) is 0 Å². The summed E-state index contributed by atoms with van der Waals surface area (Å²) in [7, 11) is 0. The van der Waals surface area contributed by atoms with Gasteiger partial charge >= 0.3 is 0 Å². The highest BCUT2D eigenvalue weighted by atomic mass is 19.1. The van der Waals surface area contributed by atoms with E-state index in [-0.39, 0.29) is 196 Å². The zero-order valence-electron chi connectivity index (χ0n) is 91.9. The Hall–Kier alpha value is -8.24. The topological polar surface area (TPSA) is 342 Å². The van der Waals surface area contributed by atoms with Gasteiger partial charge in [-0.15, -0.1) is 5.16 Å². The Morgan fingerprint density at radius 1 is 0.378 bits per heavy atom. The molecule has 0 spiro atoms. The lowest BCUT2D eigenvalue weighted by Crippen LogP contribution is -2.66. The van der Waals surface area contributed by atoms with Gasteiger partial charge in [-0.1, -0.05) is 242 Å². The van der Waals surface area contributed by atoms with E-state index in [2.05, 4.69) is 226 Å². The lowest BCUT2D eigenvalue weighted by molar-refractivity contribution is -0.171. The number of amidine groups is 2. The van der Waals surface area contributed by atoms with Crippen LogP contribution in [-0.2, 0) is 54.5 Å². The zero-order chi connectivity index (χ0) is 104. The van der Waals surface area contributed by atoms with Crippen molar-refractivity contribution in [3.63, 3.8) is 0 Å². The molecule has 0 unspecified atom stereocenters. The minimum atomic E-state index is -1.18. The first-order valence-corrected chi connectivity index (χ1v) is 56.4. The maximum absolute atomic E-state index is 14.6. The standard InChI is InChI=1S/C32H44FN3O4.C30H43N3O3.C30H42N2O3.C30H41NO3.3CH4/c1-18-20-7-8-30(5)23(29(20,4)14-19-17-34-40-26(18)19)13-22(37)25-21-15-28(2,3)9-11-32(21,12-10-31(25,30)6)27(36-39)35-24(38)16-33;1-17-19-7-8-28(5)22(27(19,4)14-18-16-32-36-24(17)18)13-21(34)23-20-15-26(2,3)9-11-30(20,25(31)33-35)12-10-29(23,28)6;1-18-20-7-8-28(5)23(27(20,4)14-19-16-32-35-25(18)19)13-22(33)24-21-15-26(2,3)9-11-30(21,17-31-34)12-10-29(24,28)6;1-18-20-7-8-28(5)23(27(20,4)14-19-16-31-34-25(18)19)13-22(33)24-21-15-26(2,3)9-11-30(21,17-32)12-10-29(24,28)6;;;/h13,17-18,20-21,25,39H,7-12,14-16H2,1-6H3,(H,35,36,38);13,16-17,19-20,23,35H,7-12,14-15H2,1-6H3,(H2,31,33);13,16-18,20-21,24,34H,7-12,14-15H2,1-6H3;13,16-18,20-21,24H,7-12,14-15H2,1-6H3;3*1H4/b;;31-17+;;;;/t18-,20-,21-,25-,29-,30+,31+,32-;17-,19-,20-,23-,27-,28+,29+,30-;2*18-,20-,21-,24-,27-,28+,29+,30+;;;/m0000.../s1. The quantitative estimate of drug-likeness (QED) is 0.0407. The molecule has 24 rings (SSSR count). The molecule has 812 valence electrons. The van der Waals surface area contributed by atoms with Crippen molar-refractivity contribution in [3.05, 3.63) is 117 Å². The molecule has 6 N–H and O–H groups in total. The summed E-state index contributed by atoms with van der Waals surface area (Å²) < 4.78 is 36.0. The molecule has 148 heavy (non-hydrogen) atoms. The minimum Gasteiger partial charge on any atom is -0.411 e. The van der Waals surface area contributed by atoms with E-state index >= 15 is 0 Å². The fourth-order valence-corrected chi connectivity index (χ4v) is 41.4. The van der Waals surface area contributed by atoms with Gasteiger partial charge in [-0.05, 0) is 364 Å². The van der Waals surface area contributed by atoms with Crippen LogP contribution in [0.4, 0.5) is 4.39 Å². The van der Waals surface area contributed by atoms with E-state index < -0.39 is 18.0 Å². The third-order valence-electron chi connectivity index (χ3n) is 50.2. The van der Waals surface area contributed by atoms with Gasteiger partial charge in [-0.3, -0.25) is 24.0 Å². The number of oxime groups is 3. The van der Waals surface area contributed by atoms with Crippen molar-refractivity contribution in [1.29, 1.82) is 0 Å². The fraction of sp³-hybridized carbons (Fsp3) is 0.768. The second-order valence-electron chi connectivity index (χ2n) is 58.4. The average molecular weight is 2040 g/mol. The number of halogens is 1. The van der Waals surface area contributed by atoms with Crippen LogP contribution in [0.1, 0.15) is 437 Å². The van der Waals surface area contributed by atoms with Gasteiger partial charge in [0.05, 0.1) is 31.0 Å². The SMILES string of the molecule is C.C.C.C[C@@H]1c2oncc2C[C@]2(C)C3=CC(=O)[C@@H]4[C@@H]5CC(C)(C)CC[C@]5(/C(=N/O)NC(=O)CF)CC[C@@]4(C)[C@]3(C)CC[C@@H]12.C[C@@H]1c2oncc2C[C@]2(C)C3=CC(=O)[C@@H]4[C@@H]5CC(C)(C)CC[C@]5(/C(N)=N/O)CC[C@@]4(C)[C@]3(C)CC[C@@H]12.C[C@@H]1c2oncc2C[C@]2(C)C3=CC(=O)[C@@H]4[C@@H]5CC(C)(C)CC[C@]5(/C=N/O)CC[C@@]4(C)[C@]3(C)CC[C@@H]12.C[C@@H]1c2oncc2C[C@]2(C)C3=CC(=O)[C@@H]4[C@@H]5CC(C)(C)CC[C@]5(C=O)CC[C@@]4(C)[C@]3(C)CC[C@@H]12. The first-order valence-electron chi connectivity index (χ1n) is 56.4. The molecule has 4 aromatic rings. The van der Waals surface area contributed by atoms with Gasteiger partial charge in [0.2, 0.25) is 0 Å². The predicted molar refractivity (Wildman–Crippen MR) is 573 cm³/mol. The number of amides is 1. The van der Waals surface area contributed by atoms with Crippen molar-refractivity contribution in [2.45, 2.75) is 418 Å². The minimum absolute atomic E-state index is 0. The van der Waals surface area contributed by atoms with Crippen molar-refractivity contribution >= 4 is 53.2 Å². The summed E-state index contributed by atoms with van der Waals surface area (Å²) in [5.74, 6) is 7.69.